The van der Waals surface area contributed by atoms with Gasteiger partial charge >= 0.3 is 5.97 Å². The van der Waals surface area contributed by atoms with Gasteiger partial charge in [-0.15, -0.1) is 0 Å². The highest BCUT2D eigenvalue weighted by molar-refractivity contribution is 6.33. The van der Waals surface area contributed by atoms with Crippen LogP contribution in [0.1, 0.15) is 16.1 Å². The molecular formula is C23H17ClN2O5. The van der Waals surface area contributed by atoms with Crippen molar-refractivity contribution in [3.8, 4) is 23.1 Å². The molecule has 0 fully saturated rings. The maximum Gasteiger partial charge on any atom is 0.339 e. The van der Waals surface area contributed by atoms with E-state index in [9.17, 15) is 14.9 Å². The van der Waals surface area contributed by atoms with Crippen LogP contribution in [-0.2, 0) is 9.53 Å². The molecule has 3 aromatic rings. The Balaban J connectivity index is 1.82. The number of carbonyl (C=O) groups is 2. The number of rotatable bonds is 6. The molecule has 0 saturated heterocycles. The van der Waals surface area contributed by atoms with Crippen molar-refractivity contribution in [1.82, 2.24) is 0 Å². The summed E-state index contributed by atoms with van der Waals surface area (Å²) in [5.41, 5.74) is 1.15. The molecule has 0 aliphatic heterocycles. The second-order valence-electron chi connectivity index (χ2n) is 6.21. The Morgan fingerprint density at radius 3 is 2.58 bits per heavy atom. The molecule has 1 heterocycles. The number of hydrogen-bond acceptors (Lipinski definition) is 6. The summed E-state index contributed by atoms with van der Waals surface area (Å²) in [6.45, 7) is 0. The minimum absolute atomic E-state index is 0.147. The molecule has 0 saturated carbocycles. The van der Waals surface area contributed by atoms with Crippen molar-refractivity contribution in [2.45, 2.75) is 0 Å². The van der Waals surface area contributed by atoms with Gasteiger partial charge in [-0.3, -0.25) is 4.79 Å². The Hall–Kier alpha value is -4.02. The van der Waals surface area contributed by atoms with E-state index in [-0.39, 0.29) is 16.2 Å². The smallest absolute Gasteiger partial charge is 0.339 e. The summed E-state index contributed by atoms with van der Waals surface area (Å²) < 4.78 is 15.6. The summed E-state index contributed by atoms with van der Waals surface area (Å²) in [6.07, 6.45) is 1.33. The molecule has 0 aliphatic carbocycles. The zero-order valence-corrected chi connectivity index (χ0v) is 17.4. The van der Waals surface area contributed by atoms with Crippen LogP contribution in [-0.4, -0.2) is 26.1 Å². The molecular weight excluding hydrogens is 420 g/mol. The zero-order chi connectivity index (χ0) is 22.4. The van der Waals surface area contributed by atoms with Crippen LogP contribution in [0.3, 0.4) is 0 Å². The Morgan fingerprint density at radius 1 is 1.13 bits per heavy atom. The summed E-state index contributed by atoms with van der Waals surface area (Å²) in [6, 6.07) is 16.8. The minimum Gasteiger partial charge on any atom is -0.495 e. The van der Waals surface area contributed by atoms with E-state index in [0.29, 0.717) is 28.5 Å². The van der Waals surface area contributed by atoms with Crippen molar-refractivity contribution in [2.24, 2.45) is 0 Å². The van der Waals surface area contributed by atoms with E-state index in [4.69, 9.17) is 20.8 Å². The van der Waals surface area contributed by atoms with Gasteiger partial charge in [0.05, 0.1) is 30.5 Å². The van der Waals surface area contributed by atoms with Crippen molar-refractivity contribution in [3.05, 3.63) is 76.5 Å². The number of ether oxygens (including phenoxy) is 2. The van der Waals surface area contributed by atoms with Crippen LogP contribution in [0.2, 0.25) is 5.02 Å². The van der Waals surface area contributed by atoms with Crippen LogP contribution in [0.5, 0.6) is 5.75 Å². The molecule has 31 heavy (non-hydrogen) atoms. The van der Waals surface area contributed by atoms with E-state index in [1.165, 1.54) is 26.4 Å². The molecule has 7 nitrogen and oxygen atoms in total. The number of nitrogens with one attached hydrogen (secondary N) is 1. The average Bonchev–Trinajstić information content (AvgIpc) is 3.25. The number of amides is 1. The highest BCUT2D eigenvalue weighted by atomic mass is 35.5. The van der Waals surface area contributed by atoms with Gasteiger partial charge in [0.15, 0.2) is 0 Å². The summed E-state index contributed by atoms with van der Waals surface area (Å²) in [7, 11) is 2.76. The Bertz CT molecular complexity index is 1210. The summed E-state index contributed by atoms with van der Waals surface area (Å²) in [5, 5.41) is 12.3. The lowest BCUT2D eigenvalue weighted by Crippen LogP contribution is -2.14. The lowest BCUT2D eigenvalue weighted by molar-refractivity contribution is -0.112. The van der Waals surface area contributed by atoms with Gasteiger partial charge in [0.2, 0.25) is 0 Å². The van der Waals surface area contributed by atoms with Crippen molar-refractivity contribution in [2.75, 3.05) is 19.5 Å². The second-order valence-corrected chi connectivity index (χ2v) is 6.62. The van der Waals surface area contributed by atoms with E-state index in [2.05, 4.69) is 10.1 Å². The van der Waals surface area contributed by atoms with Crippen LogP contribution >= 0.6 is 11.6 Å². The lowest BCUT2D eigenvalue weighted by atomic mass is 10.1. The average molecular weight is 437 g/mol. The van der Waals surface area contributed by atoms with Crippen LogP contribution in [0, 0.1) is 11.3 Å². The molecule has 0 radical (unpaired) electrons. The first-order chi connectivity index (χ1) is 15.0. The number of esters is 1. The fourth-order valence-corrected chi connectivity index (χ4v) is 3.02. The third kappa shape index (κ3) is 4.94. The van der Waals surface area contributed by atoms with Crippen LogP contribution < -0.4 is 10.1 Å². The Kier molecular flexibility index (Phi) is 6.75. The molecule has 0 bridgehead atoms. The first-order valence-corrected chi connectivity index (χ1v) is 9.39. The Labute approximate surface area is 183 Å². The second kappa shape index (κ2) is 9.65. The number of para-hydroxylation sites is 2. The van der Waals surface area contributed by atoms with E-state index in [1.54, 1.807) is 48.5 Å². The van der Waals surface area contributed by atoms with Gasteiger partial charge in [0.25, 0.3) is 5.91 Å². The molecule has 1 aromatic heterocycles. The normalized spacial score (nSPS) is 10.8. The van der Waals surface area contributed by atoms with Gasteiger partial charge in [0.1, 0.15) is 28.9 Å². The number of furan rings is 1. The monoisotopic (exact) mass is 436 g/mol. The van der Waals surface area contributed by atoms with Crippen molar-refractivity contribution in [1.29, 1.82) is 5.26 Å². The van der Waals surface area contributed by atoms with Crippen LogP contribution in [0.25, 0.3) is 17.4 Å². The predicted molar refractivity (Wildman–Crippen MR) is 116 cm³/mol. The van der Waals surface area contributed by atoms with E-state index < -0.39 is 11.9 Å². The lowest BCUT2D eigenvalue weighted by Gasteiger charge is -2.08. The number of anilines is 1. The first kappa shape index (κ1) is 21.7. The summed E-state index contributed by atoms with van der Waals surface area (Å²) in [5.74, 6) is 0.0809. The summed E-state index contributed by atoms with van der Waals surface area (Å²) >= 11 is 6.15. The van der Waals surface area contributed by atoms with E-state index in [0.717, 1.165) is 0 Å². The number of nitrogens with zero attached hydrogens (tertiary/aromatic N) is 1. The molecule has 1 N–H and O–H groups in total. The summed E-state index contributed by atoms with van der Waals surface area (Å²) in [4.78, 5) is 24.2. The van der Waals surface area contributed by atoms with Gasteiger partial charge in [-0.2, -0.15) is 5.26 Å². The quantitative estimate of drug-likeness (QED) is 0.333. The van der Waals surface area contributed by atoms with Crippen LogP contribution in [0.4, 0.5) is 5.69 Å². The number of halogens is 1. The topological polar surface area (TPSA) is 102 Å². The van der Waals surface area contributed by atoms with Gasteiger partial charge in [-0.05, 0) is 36.4 Å². The third-order valence-corrected chi connectivity index (χ3v) is 4.61. The van der Waals surface area contributed by atoms with Crippen molar-refractivity contribution in [3.63, 3.8) is 0 Å². The van der Waals surface area contributed by atoms with Gasteiger partial charge < -0.3 is 19.2 Å². The van der Waals surface area contributed by atoms with Gasteiger partial charge in [-0.1, -0.05) is 29.8 Å². The number of benzene rings is 2. The van der Waals surface area contributed by atoms with Gasteiger partial charge in [-0.25, -0.2) is 4.79 Å². The minimum atomic E-state index is -0.601. The van der Waals surface area contributed by atoms with Gasteiger partial charge in [0, 0.05) is 11.6 Å². The SMILES string of the molecule is COC(=O)c1ccc(-c2ccc(/C=C(\C#N)C(=O)Nc3ccccc3OC)o2)cc1Cl. The molecule has 0 atom stereocenters. The maximum atomic E-state index is 12.5. The van der Waals surface area contributed by atoms with Crippen molar-refractivity contribution < 1.29 is 23.5 Å². The highest BCUT2D eigenvalue weighted by Crippen LogP contribution is 2.29. The molecule has 0 aliphatic rings. The molecule has 3 rings (SSSR count). The fraction of sp³-hybridized carbons (Fsp3) is 0.0870. The third-order valence-electron chi connectivity index (χ3n) is 4.29. The standard InChI is InChI=1S/C23H17ClN2O5/c1-29-21-6-4-3-5-19(21)26-22(27)15(13-25)11-16-8-10-20(31-16)14-7-9-17(18(24)12-14)23(28)30-2/h3-12H,1-2H3,(H,26,27)/b15-11+. The Morgan fingerprint density at radius 2 is 1.90 bits per heavy atom. The number of carbonyl (C=O) groups excluding carboxylic acids is 2. The first-order valence-electron chi connectivity index (χ1n) is 9.01. The number of hydrogen-bond donors (Lipinski definition) is 1. The zero-order valence-electron chi connectivity index (χ0n) is 16.6. The number of methoxy groups -OCH3 is 2. The van der Waals surface area contributed by atoms with E-state index >= 15 is 0 Å². The highest BCUT2D eigenvalue weighted by Gasteiger charge is 2.15. The number of nitriles is 1. The maximum absolute atomic E-state index is 12.5. The largest absolute Gasteiger partial charge is 0.495 e. The molecule has 156 valence electrons. The predicted octanol–water partition coefficient (Wildman–Crippen LogP) is 4.94. The van der Waals surface area contributed by atoms with E-state index in [1.807, 2.05) is 6.07 Å². The molecule has 0 unspecified atom stereocenters. The van der Waals surface area contributed by atoms with Crippen molar-refractivity contribution >= 4 is 35.2 Å². The molecule has 2 aromatic carbocycles. The van der Waals surface area contributed by atoms with Crippen LogP contribution in [0.15, 0.2) is 64.6 Å². The molecule has 0 spiro atoms. The molecule has 1 amide bonds. The molecule has 8 heteroatoms. The fourth-order valence-electron chi connectivity index (χ4n) is 2.76.